The first-order chi connectivity index (χ1) is 13.5. The van der Waals surface area contributed by atoms with Gasteiger partial charge in [-0.2, -0.15) is 0 Å². The number of fused-ring (bicyclic) bond motifs is 1. The van der Waals surface area contributed by atoms with Gasteiger partial charge >= 0.3 is 0 Å². The summed E-state index contributed by atoms with van der Waals surface area (Å²) in [5, 5.41) is 32.5. The molecular weight excluding hydrogens is 384 g/mol. The van der Waals surface area contributed by atoms with Crippen LogP contribution in [0.15, 0.2) is 47.9 Å². The van der Waals surface area contributed by atoms with Gasteiger partial charge in [0.05, 0.1) is 16.4 Å². The van der Waals surface area contributed by atoms with Crippen molar-refractivity contribution in [1.29, 1.82) is 0 Å². The van der Waals surface area contributed by atoms with Crippen LogP contribution in [0.3, 0.4) is 0 Å². The SMILES string of the molecule is C[C@H]1O[C@@H](n2ccc3c(SCc4ccc([N+](=O)[O-])cc4)ncnc32)[C@H](O)[C@@H]1O. The molecule has 1 saturated heterocycles. The van der Waals surface area contributed by atoms with Crippen LogP contribution in [0.1, 0.15) is 18.7 Å². The van der Waals surface area contributed by atoms with Crippen LogP contribution in [0, 0.1) is 10.1 Å². The fraction of sp³-hybridized carbons (Fsp3) is 0.333. The molecule has 1 aliphatic rings. The number of nitro benzene ring substituents is 1. The second-order valence-electron chi connectivity index (χ2n) is 6.56. The lowest BCUT2D eigenvalue weighted by atomic mass is 10.1. The monoisotopic (exact) mass is 402 g/mol. The fourth-order valence-corrected chi connectivity index (χ4v) is 4.12. The van der Waals surface area contributed by atoms with Crippen molar-refractivity contribution in [3.8, 4) is 0 Å². The lowest BCUT2D eigenvalue weighted by Gasteiger charge is -2.17. The Kier molecular flexibility index (Phi) is 5.02. The Morgan fingerprint density at radius 3 is 2.61 bits per heavy atom. The molecule has 0 amide bonds. The number of hydrogen-bond acceptors (Lipinski definition) is 8. The normalized spacial score (nSPS) is 24.7. The highest BCUT2D eigenvalue weighted by atomic mass is 32.2. The van der Waals surface area contributed by atoms with E-state index in [9.17, 15) is 20.3 Å². The van der Waals surface area contributed by atoms with Crippen LogP contribution < -0.4 is 0 Å². The van der Waals surface area contributed by atoms with Gasteiger partial charge in [0.2, 0.25) is 0 Å². The number of non-ortho nitro benzene ring substituents is 1. The van der Waals surface area contributed by atoms with E-state index >= 15 is 0 Å². The van der Waals surface area contributed by atoms with Crippen LogP contribution in [0.25, 0.3) is 11.0 Å². The maximum atomic E-state index is 10.8. The highest BCUT2D eigenvalue weighted by Crippen LogP contribution is 2.34. The number of ether oxygens (including phenoxy) is 1. The molecule has 2 N–H and O–H groups in total. The second kappa shape index (κ2) is 7.47. The summed E-state index contributed by atoms with van der Waals surface area (Å²) in [6, 6.07) is 8.25. The summed E-state index contributed by atoms with van der Waals surface area (Å²) >= 11 is 1.49. The van der Waals surface area contributed by atoms with Gasteiger partial charge in [0, 0.05) is 24.1 Å². The largest absolute Gasteiger partial charge is 0.388 e. The molecule has 1 aliphatic heterocycles. The van der Waals surface area contributed by atoms with Crippen molar-refractivity contribution < 1.29 is 19.9 Å². The third kappa shape index (κ3) is 3.35. The first kappa shape index (κ1) is 18.8. The first-order valence-corrected chi connectivity index (χ1v) is 9.63. The molecule has 0 aliphatic carbocycles. The average molecular weight is 402 g/mol. The Morgan fingerprint density at radius 1 is 1.21 bits per heavy atom. The van der Waals surface area contributed by atoms with Gasteiger partial charge in [0.15, 0.2) is 6.23 Å². The van der Waals surface area contributed by atoms with Gasteiger partial charge in [0.1, 0.15) is 29.2 Å². The lowest BCUT2D eigenvalue weighted by molar-refractivity contribution is -0.384. The van der Waals surface area contributed by atoms with Gasteiger partial charge in [-0.15, -0.1) is 11.8 Å². The molecular formula is C18H18N4O5S. The van der Waals surface area contributed by atoms with E-state index in [1.807, 2.05) is 6.07 Å². The summed E-state index contributed by atoms with van der Waals surface area (Å²) in [6.07, 6.45) is 0.00352. The van der Waals surface area contributed by atoms with Crippen LogP contribution in [-0.2, 0) is 10.5 Å². The minimum absolute atomic E-state index is 0.0572. The van der Waals surface area contributed by atoms with Crippen molar-refractivity contribution in [2.75, 3.05) is 0 Å². The zero-order chi connectivity index (χ0) is 19.8. The van der Waals surface area contributed by atoms with Crippen LogP contribution in [-0.4, -0.2) is 48.0 Å². The van der Waals surface area contributed by atoms with E-state index in [1.165, 1.54) is 30.2 Å². The molecule has 2 aromatic heterocycles. The van der Waals surface area contributed by atoms with Crippen LogP contribution >= 0.6 is 11.8 Å². The topological polar surface area (TPSA) is 124 Å². The van der Waals surface area contributed by atoms with Gasteiger partial charge in [-0.25, -0.2) is 9.97 Å². The van der Waals surface area contributed by atoms with Crippen molar-refractivity contribution in [2.45, 2.75) is 42.2 Å². The molecule has 0 radical (unpaired) electrons. The molecule has 1 fully saturated rings. The predicted molar refractivity (Wildman–Crippen MR) is 102 cm³/mol. The third-order valence-corrected chi connectivity index (χ3v) is 5.82. The highest BCUT2D eigenvalue weighted by Gasteiger charge is 2.41. The molecule has 3 aromatic rings. The summed E-state index contributed by atoms with van der Waals surface area (Å²) in [4.78, 5) is 19.0. The molecule has 146 valence electrons. The fourth-order valence-electron chi connectivity index (χ4n) is 3.19. The summed E-state index contributed by atoms with van der Waals surface area (Å²) in [5.74, 6) is 0.591. The molecule has 0 bridgehead atoms. The van der Waals surface area contributed by atoms with E-state index in [0.717, 1.165) is 16.0 Å². The third-order valence-electron chi connectivity index (χ3n) is 4.75. The predicted octanol–water partition coefficient (Wildman–Crippen LogP) is 2.27. The zero-order valence-electron chi connectivity index (χ0n) is 14.9. The number of aromatic nitrogens is 3. The molecule has 9 nitrogen and oxygen atoms in total. The average Bonchev–Trinajstić information content (AvgIpc) is 3.23. The molecule has 4 atom stereocenters. The standard InChI is InChI=1S/C18H18N4O5S/c1-10-14(23)15(24)18(27-10)21-7-6-13-16(21)19-9-20-17(13)28-8-11-2-4-12(5-3-11)22(25)26/h2-7,9-10,14-15,18,23-24H,8H2,1H3/t10-,14-,15-,18-/m1/s1. The quantitative estimate of drug-likeness (QED) is 0.288. The molecule has 0 saturated carbocycles. The number of nitrogens with zero attached hydrogens (tertiary/aromatic N) is 4. The van der Waals surface area contributed by atoms with E-state index in [1.54, 1.807) is 29.8 Å². The molecule has 0 spiro atoms. The van der Waals surface area contributed by atoms with Gasteiger partial charge in [-0.05, 0) is 18.6 Å². The van der Waals surface area contributed by atoms with Crippen molar-refractivity contribution in [1.82, 2.24) is 14.5 Å². The zero-order valence-corrected chi connectivity index (χ0v) is 15.7. The number of aliphatic hydroxyl groups is 2. The maximum Gasteiger partial charge on any atom is 0.269 e. The van der Waals surface area contributed by atoms with Gasteiger partial charge in [0.25, 0.3) is 5.69 Å². The Balaban J connectivity index is 1.56. The first-order valence-electron chi connectivity index (χ1n) is 8.65. The molecule has 3 heterocycles. The van der Waals surface area contributed by atoms with Crippen molar-refractivity contribution in [3.63, 3.8) is 0 Å². The Morgan fingerprint density at radius 2 is 1.96 bits per heavy atom. The molecule has 10 heteroatoms. The second-order valence-corrected chi connectivity index (χ2v) is 7.53. The number of thioether (sulfide) groups is 1. The van der Waals surface area contributed by atoms with Crippen molar-refractivity contribution >= 4 is 28.5 Å². The van der Waals surface area contributed by atoms with Crippen molar-refractivity contribution in [3.05, 3.63) is 58.5 Å². The lowest BCUT2D eigenvalue weighted by Crippen LogP contribution is -2.30. The number of benzene rings is 1. The Hall–Kier alpha value is -2.53. The maximum absolute atomic E-state index is 10.8. The number of aliphatic hydroxyl groups excluding tert-OH is 2. The van der Waals surface area contributed by atoms with Gasteiger partial charge in [-0.1, -0.05) is 12.1 Å². The molecule has 0 unspecified atom stereocenters. The van der Waals surface area contributed by atoms with E-state index in [0.29, 0.717) is 11.4 Å². The van der Waals surface area contributed by atoms with E-state index in [4.69, 9.17) is 4.74 Å². The summed E-state index contributed by atoms with van der Waals surface area (Å²) in [5.41, 5.74) is 1.60. The minimum atomic E-state index is -1.04. The minimum Gasteiger partial charge on any atom is -0.388 e. The number of hydrogen-bond donors (Lipinski definition) is 2. The van der Waals surface area contributed by atoms with Crippen LogP contribution in [0.4, 0.5) is 5.69 Å². The smallest absolute Gasteiger partial charge is 0.269 e. The summed E-state index contributed by atoms with van der Waals surface area (Å²) in [6.45, 7) is 1.71. The summed E-state index contributed by atoms with van der Waals surface area (Å²) in [7, 11) is 0. The molecule has 28 heavy (non-hydrogen) atoms. The van der Waals surface area contributed by atoms with Crippen LogP contribution in [0.5, 0.6) is 0 Å². The van der Waals surface area contributed by atoms with Crippen molar-refractivity contribution in [2.24, 2.45) is 0 Å². The van der Waals surface area contributed by atoms with E-state index in [-0.39, 0.29) is 5.69 Å². The Bertz CT molecular complexity index is 1010. The van der Waals surface area contributed by atoms with E-state index in [2.05, 4.69) is 9.97 Å². The molecule has 4 rings (SSSR count). The van der Waals surface area contributed by atoms with Crippen LogP contribution in [0.2, 0.25) is 0 Å². The number of nitro groups is 1. The Labute approximate surface area is 164 Å². The highest BCUT2D eigenvalue weighted by molar-refractivity contribution is 7.98. The van der Waals surface area contributed by atoms with E-state index < -0.39 is 29.5 Å². The number of rotatable bonds is 5. The molecule has 1 aromatic carbocycles. The summed E-state index contributed by atoms with van der Waals surface area (Å²) < 4.78 is 7.38. The van der Waals surface area contributed by atoms with Gasteiger partial charge in [-0.3, -0.25) is 10.1 Å². The van der Waals surface area contributed by atoms with Gasteiger partial charge < -0.3 is 19.5 Å².